The molecular formula is C13H17F3N2O2. The van der Waals surface area contributed by atoms with Crippen LogP contribution in [-0.2, 0) is 15.7 Å². The first-order valence-electron chi connectivity index (χ1n) is 6.19. The molecule has 0 saturated carbocycles. The molecule has 1 aromatic rings. The second kappa shape index (κ2) is 7.14. The molecule has 7 heteroatoms. The van der Waals surface area contributed by atoms with E-state index in [4.69, 9.17) is 10.5 Å². The Morgan fingerprint density at radius 3 is 2.65 bits per heavy atom. The highest BCUT2D eigenvalue weighted by molar-refractivity contribution is 5.93. The quantitative estimate of drug-likeness (QED) is 0.625. The summed E-state index contributed by atoms with van der Waals surface area (Å²) in [6.45, 7) is 2.89. The van der Waals surface area contributed by atoms with Crippen LogP contribution >= 0.6 is 0 Å². The van der Waals surface area contributed by atoms with Crippen LogP contribution in [0.25, 0.3) is 0 Å². The summed E-state index contributed by atoms with van der Waals surface area (Å²) < 4.78 is 42.4. The molecule has 0 atom stereocenters. The lowest BCUT2D eigenvalue weighted by molar-refractivity contribution is -0.137. The van der Waals surface area contributed by atoms with Crippen molar-refractivity contribution in [3.05, 3.63) is 23.8 Å². The van der Waals surface area contributed by atoms with E-state index >= 15 is 0 Å². The molecular weight excluding hydrogens is 273 g/mol. The largest absolute Gasteiger partial charge is 0.416 e. The maximum Gasteiger partial charge on any atom is 0.416 e. The Labute approximate surface area is 115 Å². The molecule has 1 aromatic carbocycles. The van der Waals surface area contributed by atoms with E-state index in [0.29, 0.717) is 19.6 Å². The highest BCUT2D eigenvalue weighted by atomic mass is 19.4. The Morgan fingerprint density at radius 1 is 1.40 bits per heavy atom. The zero-order valence-corrected chi connectivity index (χ0v) is 11.1. The fourth-order valence-corrected chi connectivity index (χ4v) is 1.54. The van der Waals surface area contributed by atoms with Crippen LogP contribution in [0.4, 0.5) is 24.5 Å². The predicted octanol–water partition coefficient (Wildman–Crippen LogP) is 3.04. The summed E-state index contributed by atoms with van der Waals surface area (Å²) in [4.78, 5) is 11.6. The Morgan fingerprint density at radius 2 is 2.10 bits per heavy atom. The normalized spacial score (nSPS) is 11.4. The Hall–Kier alpha value is -1.76. The second-order valence-corrected chi connectivity index (χ2v) is 4.15. The molecule has 112 valence electrons. The fourth-order valence-electron chi connectivity index (χ4n) is 1.54. The number of amides is 1. The van der Waals surface area contributed by atoms with Gasteiger partial charge in [-0.05, 0) is 31.5 Å². The van der Waals surface area contributed by atoms with E-state index in [9.17, 15) is 18.0 Å². The van der Waals surface area contributed by atoms with E-state index in [2.05, 4.69) is 5.32 Å². The van der Waals surface area contributed by atoms with Gasteiger partial charge in [-0.1, -0.05) is 0 Å². The van der Waals surface area contributed by atoms with Crippen molar-refractivity contribution in [1.82, 2.24) is 0 Å². The summed E-state index contributed by atoms with van der Waals surface area (Å²) in [5, 5.41) is 2.48. The SMILES string of the molecule is CCOCCCC(=O)Nc1ccc(C(F)(F)F)cc1N. The molecule has 0 heterocycles. The monoisotopic (exact) mass is 290 g/mol. The van der Waals surface area contributed by atoms with Crippen LogP contribution in [0.15, 0.2) is 18.2 Å². The molecule has 20 heavy (non-hydrogen) atoms. The number of carbonyl (C=O) groups is 1. The van der Waals surface area contributed by atoms with Gasteiger partial charge in [0, 0.05) is 19.6 Å². The van der Waals surface area contributed by atoms with Crippen molar-refractivity contribution in [3.63, 3.8) is 0 Å². The number of nitrogens with two attached hydrogens (primary N) is 1. The van der Waals surface area contributed by atoms with E-state index < -0.39 is 11.7 Å². The predicted molar refractivity (Wildman–Crippen MR) is 70.2 cm³/mol. The summed E-state index contributed by atoms with van der Waals surface area (Å²) in [6.07, 6.45) is -3.69. The molecule has 1 rings (SSSR count). The third kappa shape index (κ3) is 5.08. The molecule has 0 spiro atoms. The van der Waals surface area contributed by atoms with Gasteiger partial charge in [-0.2, -0.15) is 13.2 Å². The van der Waals surface area contributed by atoms with Gasteiger partial charge in [0.2, 0.25) is 5.91 Å². The number of rotatable bonds is 6. The molecule has 0 saturated heterocycles. The minimum atomic E-state index is -4.45. The van der Waals surface area contributed by atoms with Crippen LogP contribution in [0.2, 0.25) is 0 Å². The molecule has 0 aliphatic heterocycles. The average molecular weight is 290 g/mol. The van der Waals surface area contributed by atoms with E-state index in [1.807, 2.05) is 6.92 Å². The zero-order chi connectivity index (χ0) is 15.2. The van der Waals surface area contributed by atoms with E-state index in [1.165, 1.54) is 0 Å². The number of nitrogen functional groups attached to an aromatic ring is 1. The molecule has 0 unspecified atom stereocenters. The first-order valence-corrected chi connectivity index (χ1v) is 6.19. The number of benzene rings is 1. The summed E-state index contributed by atoms with van der Waals surface area (Å²) in [5.41, 5.74) is 4.73. The van der Waals surface area contributed by atoms with Gasteiger partial charge in [-0.3, -0.25) is 4.79 Å². The van der Waals surface area contributed by atoms with Gasteiger partial charge in [-0.15, -0.1) is 0 Å². The summed E-state index contributed by atoms with van der Waals surface area (Å²) >= 11 is 0. The molecule has 0 aromatic heterocycles. The number of halogens is 3. The maximum absolute atomic E-state index is 12.4. The van der Waals surface area contributed by atoms with E-state index in [0.717, 1.165) is 18.2 Å². The second-order valence-electron chi connectivity index (χ2n) is 4.15. The third-order valence-electron chi connectivity index (χ3n) is 2.55. The molecule has 3 N–H and O–H groups in total. The molecule has 0 bridgehead atoms. The minimum Gasteiger partial charge on any atom is -0.397 e. The molecule has 1 amide bonds. The number of alkyl halides is 3. The lowest BCUT2D eigenvalue weighted by Crippen LogP contribution is -2.14. The van der Waals surface area contributed by atoms with Crippen LogP contribution in [0.3, 0.4) is 0 Å². The van der Waals surface area contributed by atoms with Gasteiger partial charge in [0.05, 0.1) is 16.9 Å². The van der Waals surface area contributed by atoms with Crippen molar-refractivity contribution in [1.29, 1.82) is 0 Å². The first-order chi connectivity index (χ1) is 9.34. The van der Waals surface area contributed by atoms with Gasteiger partial charge in [0.1, 0.15) is 0 Å². The molecule has 0 radical (unpaired) electrons. The topological polar surface area (TPSA) is 64.3 Å². The van der Waals surface area contributed by atoms with Gasteiger partial charge in [0.15, 0.2) is 0 Å². The molecule has 0 fully saturated rings. The number of nitrogens with one attached hydrogen (secondary N) is 1. The fraction of sp³-hybridized carbons (Fsp3) is 0.462. The van der Waals surface area contributed by atoms with Crippen molar-refractivity contribution in [2.45, 2.75) is 25.9 Å². The Kier molecular flexibility index (Phi) is 5.82. The van der Waals surface area contributed by atoms with Crippen molar-refractivity contribution >= 4 is 17.3 Å². The van der Waals surface area contributed by atoms with Crippen molar-refractivity contribution in [2.75, 3.05) is 24.3 Å². The van der Waals surface area contributed by atoms with Crippen molar-refractivity contribution in [2.24, 2.45) is 0 Å². The average Bonchev–Trinajstić information content (AvgIpc) is 2.36. The highest BCUT2D eigenvalue weighted by Crippen LogP contribution is 2.32. The lowest BCUT2D eigenvalue weighted by Gasteiger charge is -2.11. The van der Waals surface area contributed by atoms with Crippen LogP contribution in [0.5, 0.6) is 0 Å². The van der Waals surface area contributed by atoms with Gasteiger partial charge >= 0.3 is 6.18 Å². The standard InChI is InChI=1S/C13H17F3N2O2/c1-2-20-7-3-4-12(19)18-11-6-5-9(8-10(11)17)13(14,15)16/h5-6,8H,2-4,7,17H2,1H3,(H,18,19). The minimum absolute atomic E-state index is 0.113. The number of ether oxygens (including phenoxy) is 1. The molecule has 4 nitrogen and oxygen atoms in total. The number of carbonyl (C=O) groups excluding carboxylic acids is 1. The Balaban J connectivity index is 2.58. The van der Waals surface area contributed by atoms with Gasteiger partial charge in [0.25, 0.3) is 0 Å². The number of anilines is 2. The zero-order valence-electron chi connectivity index (χ0n) is 11.1. The van der Waals surface area contributed by atoms with Crippen molar-refractivity contribution < 1.29 is 22.7 Å². The van der Waals surface area contributed by atoms with Crippen LogP contribution in [-0.4, -0.2) is 19.1 Å². The highest BCUT2D eigenvalue weighted by Gasteiger charge is 2.30. The van der Waals surface area contributed by atoms with Crippen LogP contribution in [0.1, 0.15) is 25.3 Å². The summed E-state index contributed by atoms with van der Waals surface area (Å²) in [5.74, 6) is -0.309. The molecule has 0 aliphatic rings. The summed E-state index contributed by atoms with van der Waals surface area (Å²) in [6, 6.07) is 2.83. The van der Waals surface area contributed by atoms with Crippen molar-refractivity contribution in [3.8, 4) is 0 Å². The molecule has 0 aliphatic carbocycles. The third-order valence-corrected chi connectivity index (χ3v) is 2.55. The summed E-state index contributed by atoms with van der Waals surface area (Å²) in [7, 11) is 0. The van der Waals surface area contributed by atoms with Gasteiger partial charge < -0.3 is 15.8 Å². The van der Waals surface area contributed by atoms with Gasteiger partial charge in [-0.25, -0.2) is 0 Å². The van der Waals surface area contributed by atoms with Crippen LogP contribution < -0.4 is 11.1 Å². The Bertz CT molecular complexity index is 461. The smallest absolute Gasteiger partial charge is 0.397 e. The first kappa shape index (κ1) is 16.3. The van der Waals surface area contributed by atoms with E-state index in [-0.39, 0.29) is 23.7 Å². The van der Waals surface area contributed by atoms with E-state index in [1.54, 1.807) is 0 Å². The number of hydrogen-bond acceptors (Lipinski definition) is 3. The number of hydrogen-bond donors (Lipinski definition) is 2. The lowest BCUT2D eigenvalue weighted by atomic mass is 10.1. The maximum atomic E-state index is 12.4. The van der Waals surface area contributed by atoms with Crippen LogP contribution in [0, 0.1) is 0 Å².